The van der Waals surface area contributed by atoms with E-state index in [0.717, 1.165) is 6.26 Å². The van der Waals surface area contributed by atoms with Crippen molar-refractivity contribution >= 4 is 11.9 Å². The summed E-state index contributed by atoms with van der Waals surface area (Å²) < 4.78 is 0. The first-order valence-corrected chi connectivity index (χ1v) is 5.84. The number of aliphatic hydroxyl groups is 1. The normalized spacial score (nSPS) is 16.8. The van der Waals surface area contributed by atoms with E-state index in [1.54, 1.807) is 30.3 Å². The molecule has 1 saturated heterocycles. The van der Waals surface area contributed by atoms with Crippen molar-refractivity contribution < 1.29 is 9.90 Å². The summed E-state index contributed by atoms with van der Waals surface area (Å²) in [5, 5.41) is 8.83. The fraction of sp³-hybridized carbons (Fsp3) is 0.417. The predicted octanol–water partition coefficient (Wildman–Crippen LogP) is 0.587. The van der Waals surface area contributed by atoms with Crippen molar-refractivity contribution in [2.24, 2.45) is 0 Å². The maximum atomic E-state index is 11.8. The van der Waals surface area contributed by atoms with Crippen LogP contribution in [0.1, 0.15) is 6.92 Å². The number of anilines is 1. The average Bonchev–Trinajstić information content (AvgIpc) is 2.47. The number of aliphatic hydroxyl groups excluding tert-OH is 1. The van der Waals surface area contributed by atoms with Crippen molar-refractivity contribution in [2.45, 2.75) is 6.92 Å². The molecule has 1 aromatic rings. The number of carbonyl (C=O) groups excluding carboxylic acids is 1. The van der Waals surface area contributed by atoms with E-state index in [1.807, 2.05) is 4.90 Å². The first-order valence-electron chi connectivity index (χ1n) is 5.84. The Morgan fingerprint density at radius 3 is 2.44 bits per heavy atom. The smallest absolute Gasteiger partial charge is 0.252 e. The summed E-state index contributed by atoms with van der Waals surface area (Å²) in [7, 11) is 0. The van der Waals surface area contributed by atoms with Gasteiger partial charge in [0.25, 0.3) is 5.91 Å². The molecule has 18 heavy (non-hydrogen) atoms. The van der Waals surface area contributed by atoms with Crippen molar-refractivity contribution in [1.82, 2.24) is 14.9 Å². The van der Waals surface area contributed by atoms with Gasteiger partial charge in [-0.1, -0.05) is 0 Å². The summed E-state index contributed by atoms with van der Waals surface area (Å²) in [5.41, 5.74) is 0.361. The second-order valence-corrected chi connectivity index (χ2v) is 4.14. The Labute approximate surface area is 106 Å². The maximum absolute atomic E-state index is 11.8. The standard InChI is InChI=1S/C12H16N4O2/c1-10(9-17)11(18)15-5-7-16(8-6-15)12-13-3-2-4-14-12/h2-4,9,17H,5-8H2,1H3/b10-9-. The van der Waals surface area contributed by atoms with Crippen LogP contribution in [0.4, 0.5) is 5.95 Å². The lowest BCUT2D eigenvalue weighted by molar-refractivity contribution is -0.127. The van der Waals surface area contributed by atoms with Crippen LogP contribution in [0.3, 0.4) is 0 Å². The molecule has 1 aromatic heterocycles. The zero-order valence-corrected chi connectivity index (χ0v) is 10.3. The van der Waals surface area contributed by atoms with Gasteiger partial charge in [0.05, 0.1) is 6.26 Å². The Balaban J connectivity index is 1.95. The molecule has 0 aliphatic carbocycles. The van der Waals surface area contributed by atoms with Crippen LogP contribution in [0.5, 0.6) is 0 Å². The van der Waals surface area contributed by atoms with Crippen LogP contribution < -0.4 is 4.90 Å². The van der Waals surface area contributed by atoms with Crippen LogP contribution in [-0.2, 0) is 4.79 Å². The van der Waals surface area contributed by atoms with Crippen molar-refractivity contribution in [3.05, 3.63) is 30.3 Å². The van der Waals surface area contributed by atoms with E-state index in [0.29, 0.717) is 37.7 Å². The van der Waals surface area contributed by atoms with Crippen molar-refractivity contribution in [3.63, 3.8) is 0 Å². The molecule has 0 unspecified atom stereocenters. The third-order valence-corrected chi connectivity index (χ3v) is 2.93. The van der Waals surface area contributed by atoms with E-state index < -0.39 is 0 Å². The minimum atomic E-state index is -0.119. The SMILES string of the molecule is C/C(=C/O)C(=O)N1CCN(c2ncccn2)CC1. The van der Waals surface area contributed by atoms with Gasteiger partial charge in [-0.05, 0) is 13.0 Å². The molecule has 0 spiro atoms. The molecule has 1 N–H and O–H groups in total. The van der Waals surface area contributed by atoms with Gasteiger partial charge >= 0.3 is 0 Å². The molecule has 1 fully saturated rings. The summed E-state index contributed by atoms with van der Waals surface area (Å²) in [6, 6.07) is 1.78. The fourth-order valence-electron chi connectivity index (χ4n) is 1.87. The van der Waals surface area contributed by atoms with E-state index in [-0.39, 0.29) is 5.91 Å². The van der Waals surface area contributed by atoms with E-state index in [4.69, 9.17) is 5.11 Å². The van der Waals surface area contributed by atoms with Crippen LogP contribution in [0.25, 0.3) is 0 Å². The van der Waals surface area contributed by atoms with Gasteiger partial charge in [0.2, 0.25) is 5.95 Å². The Hall–Kier alpha value is -2.11. The lowest BCUT2D eigenvalue weighted by Crippen LogP contribution is -2.49. The molecule has 0 bridgehead atoms. The first kappa shape index (κ1) is 12.3. The molecule has 0 radical (unpaired) electrons. The molecule has 0 atom stereocenters. The zero-order valence-electron chi connectivity index (χ0n) is 10.3. The third kappa shape index (κ3) is 2.58. The highest BCUT2D eigenvalue weighted by Crippen LogP contribution is 2.11. The zero-order chi connectivity index (χ0) is 13.0. The van der Waals surface area contributed by atoms with Crippen LogP contribution in [-0.4, -0.2) is 52.1 Å². The summed E-state index contributed by atoms with van der Waals surface area (Å²) in [6.45, 7) is 4.24. The minimum absolute atomic E-state index is 0.119. The summed E-state index contributed by atoms with van der Waals surface area (Å²) in [6.07, 6.45) is 4.27. The highest BCUT2D eigenvalue weighted by Gasteiger charge is 2.23. The van der Waals surface area contributed by atoms with Gasteiger partial charge in [0.1, 0.15) is 0 Å². The molecular formula is C12H16N4O2. The summed E-state index contributed by atoms with van der Waals surface area (Å²) >= 11 is 0. The number of nitrogens with zero attached hydrogens (tertiary/aromatic N) is 4. The monoisotopic (exact) mass is 248 g/mol. The highest BCUT2D eigenvalue weighted by molar-refractivity contribution is 5.92. The van der Waals surface area contributed by atoms with Gasteiger partial charge in [0.15, 0.2) is 0 Å². The quantitative estimate of drug-likeness (QED) is 0.612. The van der Waals surface area contributed by atoms with E-state index in [9.17, 15) is 4.79 Å². The molecular weight excluding hydrogens is 232 g/mol. The van der Waals surface area contributed by atoms with Crippen molar-refractivity contribution in [2.75, 3.05) is 31.1 Å². The Bertz CT molecular complexity index is 439. The van der Waals surface area contributed by atoms with Crippen LogP contribution in [0.15, 0.2) is 30.3 Å². The third-order valence-electron chi connectivity index (χ3n) is 2.93. The Kier molecular flexibility index (Phi) is 3.76. The summed E-state index contributed by atoms with van der Waals surface area (Å²) in [4.78, 5) is 24.0. The lowest BCUT2D eigenvalue weighted by atomic mass is 10.2. The number of carbonyl (C=O) groups is 1. The van der Waals surface area contributed by atoms with E-state index in [2.05, 4.69) is 9.97 Å². The number of rotatable bonds is 2. The average molecular weight is 248 g/mol. The van der Waals surface area contributed by atoms with Gasteiger partial charge in [-0.25, -0.2) is 9.97 Å². The molecule has 0 aromatic carbocycles. The van der Waals surface area contributed by atoms with Crippen LogP contribution in [0, 0.1) is 0 Å². The number of aromatic nitrogens is 2. The molecule has 1 amide bonds. The Morgan fingerprint density at radius 1 is 1.28 bits per heavy atom. The topological polar surface area (TPSA) is 69.6 Å². The van der Waals surface area contributed by atoms with Crippen molar-refractivity contribution in [1.29, 1.82) is 0 Å². The predicted molar refractivity (Wildman–Crippen MR) is 67.2 cm³/mol. The lowest BCUT2D eigenvalue weighted by Gasteiger charge is -2.34. The van der Waals surface area contributed by atoms with E-state index >= 15 is 0 Å². The Morgan fingerprint density at radius 2 is 1.89 bits per heavy atom. The second-order valence-electron chi connectivity index (χ2n) is 4.14. The number of piperazine rings is 1. The van der Waals surface area contributed by atoms with Crippen LogP contribution >= 0.6 is 0 Å². The van der Waals surface area contributed by atoms with Gasteiger partial charge < -0.3 is 14.9 Å². The molecule has 96 valence electrons. The van der Waals surface area contributed by atoms with Gasteiger partial charge in [0, 0.05) is 44.1 Å². The van der Waals surface area contributed by atoms with Crippen LogP contribution in [0.2, 0.25) is 0 Å². The minimum Gasteiger partial charge on any atom is -0.515 e. The van der Waals surface area contributed by atoms with Gasteiger partial charge in [-0.2, -0.15) is 0 Å². The molecule has 6 nitrogen and oxygen atoms in total. The highest BCUT2D eigenvalue weighted by atomic mass is 16.2. The molecule has 6 heteroatoms. The van der Waals surface area contributed by atoms with Crippen molar-refractivity contribution in [3.8, 4) is 0 Å². The molecule has 1 aliphatic rings. The number of hydrogen-bond donors (Lipinski definition) is 1. The maximum Gasteiger partial charge on any atom is 0.252 e. The van der Waals surface area contributed by atoms with Gasteiger partial charge in [-0.3, -0.25) is 4.79 Å². The van der Waals surface area contributed by atoms with E-state index in [1.165, 1.54) is 0 Å². The second kappa shape index (κ2) is 5.48. The summed E-state index contributed by atoms with van der Waals surface area (Å²) in [5.74, 6) is 0.574. The number of hydrogen-bond acceptors (Lipinski definition) is 5. The molecule has 2 rings (SSSR count). The number of amides is 1. The molecule has 0 saturated carbocycles. The molecule has 1 aliphatic heterocycles. The first-order chi connectivity index (χ1) is 8.72. The molecule has 2 heterocycles. The van der Waals surface area contributed by atoms with Gasteiger partial charge in [-0.15, -0.1) is 0 Å². The fourth-order valence-corrected chi connectivity index (χ4v) is 1.87. The largest absolute Gasteiger partial charge is 0.515 e.